The van der Waals surface area contributed by atoms with E-state index in [1.165, 1.54) is 6.07 Å². The van der Waals surface area contributed by atoms with Crippen molar-refractivity contribution in [2.24, 2.45) is 0 Å². The second kappa shape index (κ2) is 4.66. The van der Waals surface area contributed by atoms with Gasteiger partial charge in [-0.15, -0.1) is 0 Å². The minimum Gasteiger partial charge on any atom is -0.456 e. The van der Waals surface area contributed by atoms with E-state index >= 15 is 0 Å². The molecule has 0 N–H and O–H groups in total. The van der Waals surface area contributed by atoms with Crippen LogP contribution in [0.3, 0.4) is 0 Å². The zero-order valence-electron chi connectivity index (χ0n) is 9.93. The maximum Gasteiger partial charge on any atom is 0.276 e. The van der Waals surface area contributed by atoms with Crippen molar-refractivity contribution in [3.05, 3.63) is 52.1 Å². The molecule has 0 atom stereocenters. The van der Waals surface area contributed by atoms with Crippen molar-refractivity contribution in [2.75, 3.05) is 5.33 Å². The van der Waals surface area contributed by atoms with Crippen molar-refractivity contribution in [1.82, 2.24) is 0 Å². The minimum atomic E-state index is -0.357. The van der Waals surface area contributed by atoms with Gasteiger partial charge < -0.3 is 4.42 Å². The third-order valence-electron chi connectivity index (χ3n) is 3.14. The number of nitro benzene ring substituents is 1. The standard InChI is InChI=1S/C14H10BrNO3/c15-6-5-9-7-11-10-3-1-2-4-13(10)19-14(11)8-12(9)16(17)18/h1-4,7-8H,5-6H2. The SMILES string of the molecule is O=[N+]([O-])c1cc2oc3ccccc3c2cc1CCBr. The van der Waals surface area contributed by atoms with E-state index in [1.54, 1.807) is 0 Å². The summed E-state index contributed by atoms with van der Waals surface area (Å²) in [6, 6.07) is 11.0. The summed E-state index contributed by atoms with van der Waals surface area (Å²) < 4.78 is 5.66. The molecular weight excluding hydrogens is 310 g/mol. The highest BCUT2D eigenvalue weighted by Gasteiger charge is 2.18. The van der Waals surface area contributed by atoms with Gasteiger partial charge >= 0.3 is 0 Å². The summed E-state index contributed by atoms with van der Waals surface area (Å²) >= 11 is 3.33. The van der Waals surface area contributed by atoms with Crippen LogP contribution in [0.25, 0.3) is 21.9 Å². The lowest BCUT2D eigenvalue weighted by Gasteiger charge is -2.00. The fraction of sp³-hybridized carbons (Fsp3) is 0.143. The molecular formula is C14H10BrNO3. The number of aryl methyl sites for hydroxylation is 1. The van der Waals surface area contributed by atoms with Crippen LogP contribution in [0.4, 0.5) is 5.69 Å². The second-order valence-corrected chi connectivity index (χ2v) is 5.06. The Bertz CT molecular complexity index is 779. The zero-order chi connectivity index (χ0) is 13.4. The van der Waals surface area contributed by atoms with Crippen LogP contribution < -0.4 is 0 Å². The van der Waals surface area contributed by atoms with Crippen molar-refractivity contribution < 1.29 is 9.34 Å². The van der Waals surface area contributed by atoms with Gasteiger partial charge in [-0.25, -0.2) is 0 Å². The van der Waals surface area contributed by atoms with Gasteiger partial charge in [0.25, 0.3) is 5.69 Å². The van der Waals surface area contributed by atoms with E-state index in [0.29, 0.717) is 17.3 Å². The molecule has 2 aromatic carbocycles. The molecule has 3 rings (SSSR count). The van der Waals surface area contributed by atoms with Gasteiger partial charge in [0, 0.05) is 21.7 Å². The summed E-state index contributed by atoms with van der Waals surface area (Å²) in [5.41, 5.74) is 2.15. The summed E-state index contributed by atoms with van der Waals surface area (Å²) in [5, 5.41) is 13.7. The van der Waals surface area contributed by atoms with Gasteiger partial charge in [0.1, 0.15) is 11.2 Å². The number of hydrogen-bond acceptors (Lipinski definition) is 3. The topological polar surface area (TPSA) is 56.3 Å². The van der Waals surface area contributed by atoms with E-state index in [9.17, 15) is 10.1 Å². The van der Waals surface area contributed by atoms with Crippen molar-refractivity contribution in [3.63, 3.8) is 0 Å². The summed E-state index contributed by atoms with van der Waals surface area (Å²) in [5.74, 6) is 0. The molecule has 0 aliphatic rings. The van der Waals surface area contributed by atoms with Gasteiger partial charge in [-0.2, -0.15) is 0 Å². The molecule has 5 heteroatoms. The monoisotopic (exact) mass is 319 g/mol. The normalized spacial score (nSPS) is 11.2. The predicted octanol–water partition coefficient (Wildman–Crippen LogP) is 4.43. The highest BCUT2D eigenvalue weighted by atomic mass is 79.9. The lowest BCUT2D eigenvalue weighted by atomic mass is 10.1. The highest BCUT2D eigenvalue weighted by molar-refractivity contribution is 9.09. The summed E-state index contributed by atoms with van der Waals surface area (Å²) in [6.45, 7) is 0. The molecule has 0 aliphatic heterocycles. The van der Waals surface area contributed by atoms with Crippen LogP contribution in [0.1, 0.15) is 5.56 Å². The average molecular weight is 320 g/mol. The summed E-state index contributed by atoms with van der Waals surface area (Å²) in [6.07, 6.45) is 0.617. The molecule has 0 radical (unpaired) electrons. The first-order chi connectivity index (χ1) is 9.20. The quantitative estimate of drug-likeness (QED) is 0.407. The number of benzene rings is 2. The molecule has 4 nitrogen and oxygen atoms in total. The first kappa shape index (κ1) is 12.2. The van der Waals surface area contributed by atoms with Gasteiger partial charge in [0.15, 0.2) is 0 Å². The summed E-state index contributed by atoms with van der Waals surface area (Å²) in [4.78, 5) is 10.7. The Morgan fingerprint density at radius 3 is 2.68 bits per heavy atom. The van der Waals surface area contributed by atoms with Crippen LogP contribution >= 0.6 is 15.9 Å². The molecule has 0 bridgehead atoms. The molecule has 0 spiro atoms. The van der Waals surface area contributed by atoms with E-state index < -0.39 is 0 Å². The molecule has 0 fully saturated rings. The van der Waals surface area contributed by atoms with Gasteiger partial charge in [0.05, 0.1) is 11.0 Å². The molecule has 96 valence electrons. The number of nitrogens with zero attached hydrogens (tertiary/aromatic N) is 1. The molecule has 1 heterocycles. The minimum absolute atomic E-state index is 0.117. The Hall–Kier alpha value is -1.88. The number of rotatable bonds is 3. The van der Waals surface area contributed by atoms with Crippen molar-refractivity contribution in [1.29, 1.82) is 0 Å². The van der Waals surface area contributed by atoms with Gasteiger partial charge in [-0.1, -0.05) is 34.1 Å². The molecule has 3 aromatic rings. The summed E-state index contributed by atoms with van der Waals surface area (Å²) in [7, 11) is 0. The number of furan rings is 1. The number of alkyl halides is 1. The van der Waals surface area contributed by atoms with Crippen molar-refractivity contribution in [2.45, 2.75) is 6.42 Å². The molecule has 1 aromatic heterocycles. The third-order valence-corrected chi connectivity index (χ3v) is 3.54. The molecule has 0 saturated heterocycles. The van der Waals surface area contributed by atoms with E-state index in [-0.39, 0.29) is 10.6 Å². The molecule has 0 saturated carbocycles. The number of nitro groups is 1. The number of halogens is 1. The zero-order valence-corrected chi connectivity index (χ0v) is 11.5. The third kappa shape index (κ3) is 2.00. The van der Waals surface area contributed by atoms with Crippen LogP contribution in [0.15, 0.2) is 40.8 Å². The smallest absolute Gasteiger partial charge is 0.276 e. The number of fused-ring (bicyclic) bond motifs is 3. The molecule has 19 heavy (non-hydrogen) atoms. The van der Waals surface area contributed by atoms with E-state index in [4.69, 9.17) is 4.42 Å². The fourth-order valence-electron chi connectivity index (χ4n) is 2.28. The lowest BCUT2D eigenvalue weighted by molar-refractivity contribution is -0.385. The van der Waals surface area contributed by atoms with Crippen LogP contribution in [-0.4, -0.2) is 10.3 Å². The first-order valence-electron chi connectivity index (χ1n) is 5.85. The van der Waals surface area contributed by atoms with Crippen molar-refractivity contribution >= 4 is 43.6 Å². The Morgan fingerprint density at radius 2 is 1.95 bits per heavy atom. The van der Waals surface area contributed by atoms with Gasteiger partial charge in [-0.05, 0) is 18.6 Å². The maximum absolute atomic E-state index is 11.1. The lowest BCUT2D eigenvalue weighted by Crippen LogP contribution is -1.96. The fourth-order valence-corrected chi connectivity index (χ4v) is 2.70. The Morgan fingerprint density at radius 1 is 1.16 bits per heavy atom. The van der Waals surface area contributed by atoms with Crippen LogP contribution in [0.2, 0.25) is 0 Å². The highest BCUT2D eigenvalue weighted by Crippen LogP contribution is 2.33. The first-order valence-corrected chi connectivity index (χ1v) is 6.97. The Kier molecular flexibility index (Phi) is 2.98. The van der Waals surface area contributed by atoms with E-state index in [2.05, 4.69) is 15.9 Å². The maximum atomic E-state index is 11.1. The average Bonchev–Trinajstić information content (AvgIpc) is 2.76. The predicted molar refractivity (Wildman–Crippen MR) is 77.9 cm³/mol. The van der Waals surface area contributed by atoms with Crippen molar-refractivity contribution in [3.8, 4) is 0 Å². The van der Waals surface area contributed by atoms with E-state index in [1.807, 2.05) is 30.3 Å². The van der Waals surface area contributed by atoms with Gasteiger partial charge in [0.2, 0.25) is 0 Å². The number of para-hydroxylation sites is 1. The van der Waals surface area contributed by atoms with Crippen LogP contribution in [0, 0.1) is 10.1 Å². The Balaban J connectivity index is 2.36. The Labute approximate surface area is 117 Å². The second-order valence-electron chi connectivity index (χ2n) is 4.27. The van der Waals surface area contributed by atoms with Crippen LogP contribution in [0.5, 0.6) is 0 Å². The van der Waals surface area contributed by atoms with Crippen LogP contribution in [-0.2, 0) is 6.42 Å². The van der Waals surface area contributed by atoms with Gasteiger partial charge in [-0.3, -0.25) is 10.1 Å². The largest absolute Gasteiger partial charge is 0.456 e. The van der Waals surface area contributed by atoms with E-state index in [0.717, 1.165) is 21.9 Å². The molecule has 0 unspecified atom stereocenters. The molecule has 0 amide bonds. The molecule has 0 aliphatic carbocycles. The number of hydrogen-bond donors (Lipinski definition) is 0.